The Labute approximate surface area is 172 Å². The molecule has 1 saturated heterocycles. The summed E-state index contributed by atoms with van der Waals surface area (Å²) < 4.78 is 13.9. The Kier molecular flexibility index (Phi) is 5.38. The second kappa shape index (κ2) is 8.28. The molecule has 1 aliphatic heterocycles. The zero-order valence-corrected chi connectivity index (χ0v) is 16.1. The number of rotatable bonds is 4. The zero-order chi connectivity index (χ0) is 21.1. The first-order valence-electron chi connectivity index (χ1n) is 9.54. The molecule has 0 bridgehead atoms. The van der Waals surface area contributed by atoms with Crippen molar-refractivity contribution in [3.8, 4) is 11.3 Å². The molecule has 8 heteroatoms. The molecule has 0 radical (unpaired) electrons. The van der Waals surface area contributed by atoms with Crippen molar-refractivity contribution in [2.45, 2.75) is 0 Å². The summed E-state index contributed by atoms with van der Waals surface area (Å²) in [6, 6.07) is 18.0. The van der Waals surface area contributed by atoms with Crippen molar-refractivity contribution in [2.75, 3.05) is 31.1 Å². The molecule has 0 atom stereocenters. The average Bonchev–Trinajstić information content (AvgIpc) is 2.79. The fourth-order valence-electron chi connectivity index (χ4n) is 3.52. The lowest BCUT2D eigenvalue weighted by Crippen LogP contribution is -2.49. The fourth-order valence-corrected chi connectivity index (χ4v) is 3.52. The van der Waals surface area contributed by atoms with Crippen LogP contribution in [0.2, 0.25) is 0 Å². The number of hydrogen-bond donors (Lipinski definition) is 0. The summed E-state index contributed by atoms with van der Waals surface area (Å²) in [5, 5.41) is 11.4. The number of carbonyl (C=O) groups excluding carboxylic acids is 1. The summed E-state index contributed by atoms with van der Waals surface area (Å²) in [6.07, 6.45) is 0. The van der Waals surface area contributed by atoms with Gasteiger partial charge >= 0.3 is 0 Å². The zero-order valence-electron chi connectivity index (χ0n) is 16.1. The second-order valence-electron chi connectivity index (χ2n) is 6.92. The number of nitrogens with zero attached hydrogens (tertiary/aromatic N) is 4. The highest BCUT2D eigenvalue weighted by molar-refractivity contribution is 5.94. The number of carbonyl (C=O) groups is 1. The van der Waals surface area contributed by atoms with Crippen LogP contribution in [-0.4, -0.2) is 46.9 Å². The van der Waals surface area contributed by atoms with Crippen LogP contribution in [-0.2, 0) is 0 Å². The van der Waals surface area contributed by atoms with Crippen molar-refractivity contribution in [1.29, 1.82) is 0 Å². The molecule has 152 valence electrons. The lowest BCUT2D eigenvalue weighted by molar-refractivity contribution is -0.384. The molecule has 30 heavy (non-hydrogen) atoms. The van der Waals surface area contributed by atoms with E-state index in [4.69, 9.17) is 0 Å². The Hall–Kier alpha value is -3.81. The maximum Gasteiger partial charge on any atom is 0.295 e. The molecule has 0 spiro atoms. The maximum absolute atomic E-state index is 13.9. The van der Waals surface area contributed by atoms with E-state index in [9.17, 15) is 19.3 Å². The highest BCUT2D eigenvalue weighted by Gasteiger charge is 2.26. The van der Waals surface area contributed by atoms with Crippen molar-refractivity contribution in [3.63, 3.8) is 0 Å². The van der Waals surface area contributed by atoms with Gasteiger partial charge in [-0.3, -0.25) is 14.9 Å². The first kappa shape index (κ1) is 19.5. The van der Waals surface area contributed by atoms with Crippen LogP contribution in [0.25, 0.3) is 11.3 Å². The minimum Gasteiger partial charge on any atom is -0.353 e. The molecule has 1 aromatic heterocycles. The topological polar surface area (TPSA) is 79.6 Å². The fraction of sp³-hybridized carbons (Fsp3) is 0.182. The first-order chi connectivity index (χ1) is 14.5. The van der Waals surface area contributed by atoms with Crippen LogP contribution in [0.1, 0.15) is 10.4 Å². The predicted octanol–water partition coefficient (Wildman–Crippen LogP) is 3.76. The Morgan fingerprint density at radius 3 is 2.27 bits per heavy atom. The Morgan fingerprint density at radius 1 is 0.933 bits per heavy atom. The van der Waals surface area contributed by atoms with Crippen molar-refractivity contribution in [3.05, 3.63) is 88.2 Å². The van der Waals surface area contributed by atoms with Gasteiger partial charge in [-0.25, -0.2) is 9.37 Å². The lowest BCUT2D eigenvalue weighted by atomic mass is 10.1. The largest absolute Gasteiger partial charge is 0.353 e. The molecule has 1 aliphatic rings. The predicted molar refractivity (Wildman–Crippen MR) is 111 cm³/mol. The number of amides is 1. The molecule has 0 aliphatic carbocycles. The molecule has 1 fully saturated rings. The number of pyridine rings is 1. The first-order valence-corrected chi connectivity index (χ1v) is 9.54. The summed E-state index contributed by atoms with van der Waals surface area (Å²) in [5.41, 5.74) is 0.978. The van der Waals surface area contributed by atoms with Gasteiger partial charge in [-0.05, 0) is 18.2 Å². The van der Waals surface area contributed by atoms with Crippen LogP contribution in [0.5, 0.6) is 0 Å². The van der Waals surface area contributed by atoms with Crippen LogP contribution in [0.4, 0.5) is 15.9 Å². The van der Waals surface area contributed by atoms with E-state index in [-0.39, 0.29) is 17.2 Å². The molecular formula is C22H19FN4O3. The number of aromatic nitrogens is 1. The summed E-state index contributed by atoms with van der Waals surface area (Å²) in [7, 11) is 0. The number of anilines is 1. The Balaban J connectivity index is 1.53. The summed E-state index contributed by atoms with van der Waals surface area (Å²) >= 11 is 0. The van der Waals surface area contributed by atoms with E-state index in [1.807, 2.05) is 11.0 Å². The quantitative estimate of drug-likeness (QED) is 0.487. The van der Waals surface area contributed by atoms with Crippen molar-refractivity contribution in [1.82, 2.24) is 9.88 Å². The van der Waals surface area contributed by atoms with E-state index in [1.54, 1.807) is 47.4 Å². The Bertz CT molecular complexity index is 1080. The Morgan fingerprint density at radius 2 is 1.60 bits per heavy atom. The standard InChI is InChI=1S/C22H19FN4O3/c23-18-9-5-4-8-17(18)22(28)26-14-12-25(13-15-26)20-11-10-19(27(29)30)21(24-20)16-6-2-1-3-7-16/h1-11H,12-15H2. The molecule has 7 nitrogen and oxygen atoms in total. The highest BCUT2D eigenvalue weighted by Crippen LogP contribution is 2.30. The van der Waals surface area contributed by atoms with Gasteiger partial charge in [-0.2, -0.15) is 0 Å². The molecule has 3 aromatic rings. The van der Waals surface area contributed by atoms with E-state index in [0.717, 1.165) is 0 Å². The normalized spacial score (nSPS) is 13.9. The van der Waals surface area contributed by atoms with E-state index < -0.39 is 10.7 Å². The van der Waals surface area contributed by atoms with E-state index in [0.29, 0.717) is 43.3 Å². The monoisotopic (exact) mass is 406 g/mol. The van der Waals surface area contributed by atoms with Gasteiger partial charge in [0.15, 0.2) is 5.69 Å². The van der Waals surface area contributed by atoms with Gasteiger partial charge in [0, 0.05) is 37.8 Å². The number of piperazine rings is 1. The molecule has 1 amide bonds. The van der Waals surface area contributed by atoms with Crippen molar-refractivity contribution in [2.24, 2.45) is 0 Å². The molecule has 2 aromatic carbocycles. The maximum atomic E-state index is 13.9. The van der Waals surface area contributed by atoms with Crippen LogP contribution >= 0.6 is 0 Å². The van der Waals surface area contributed by atoms with Crippen LogP contribution < -0.4 is 4.90 Å². The third-order valence-corrected chi connectivity index (χ3v) is 5.10. The van der Waals surface area contributed by atoms with Crippen molar-refractivity contribution >= 4 is 17.4 Å². The number of hydrogen-bond acceptors (Lipinski definition) is 5. The van der Waals surface area contributed by atoms with Crippen LogP contribution in [0, 0.1) is 15.9 Å². The van der Waals surface area contributed by atoms with Gasteiger partial charge in [-0.15, -0.1) is 0 Å². The van der Waals surface area contributed by atoms with Gasteiger partial charge in [0.05, 0.1) is 10.5 Å². The minimum atomic E-state index is -0.533. The molecule has 0 N–H and O–H groups in total. The molecule has 0 unspecified atom stereocenters. The van der Waals surface area contributed by atoms with E-state index >= 15 is 0 Å². The van der Waals surface area contributed by atoms with Gasteiger partial charge in [0.25, 0.3) is 11.6 Å². The lowest BCUT2D eigenvalue weighted by Gasteiger charge is -2.35. The molecular weight excluding hydrogens is 387 g/mol. The minimum absolute atomic E-state index is 0.0571. The summed E-state index contributed by atoms with van der Waals surface area (Å²) in [6.45, 7) is 1.82. The van der Waals surface area contributed by atoms with E-state index in [2.05, 4.69) is 4.98 Å². The third-order valence-electron chi connectivity index (χ3n) is 5.10. The molecule has 4 rings (SSSR count). The van der Waals surface area contributed by atoms with Crippen LogP contribution in [0.15, 0.2) is 66.7 Å². The van der Waals surface area contributed by atoms with Gasteiger partial charge < -0.3 is 9.80 Å². The number of benzene rings is 2. The second-order valence-corrected chi connectivity index (χ2v) is 6.92. The smallest absolute Gasteiger partial charge is 0.295 e. The van der Waals surface area contributed by atoms with Crippen LogP contribution in [0.3, 0.4) is 0 Å². The van der Waals surface area contributed by atoms with Crippen molar-refractivity contribution < 1.29 is 14.1 Å². The van der Waals surface area contributed by atoms with E-state index in [1.165, 1.54) is 18.2 Å². The SMILES string of the molecule is O=C(c1ccccc1F)N1CCN(c2ccc([N+](=O)[O-])c(-c3ccccc3)n2)CC1. The molecule has 0 saturated carbocycles. The number of nitro groups is 1. The van der Waals surface area contributed by atoms with Gasteiger partial charge in [0.1, 0.15) is 11.6 Å². The highest BCUT2D eigenvalue weighted by atomic mass is 19.1. The van der Waals surface area contributed by atoms with Gasteiger partial charge in [0.2, 0.25) is 0 Å². The average molecular weight is 406 g/mol. The molecule has 2 heterocycles. The summed E-state index contributed by atoms with van der Waals surface area (Å²) in [5.74, 6) is -0.263. The third kappa shape index (κ3) is 3.84. The summed E-state index contributed by atoms with van der Waals surface area (Å²) in [4.78, 5) is 31.7. The number of halogens is 1. The van der Waals surface area contributed by atoms with Gasteiger partial charge in [-0.1, -0.05) is 42.5 Å².